The predicted molar refractivity (Wildman–Crippen MR) is 59.9 cm³/mol. The van der Waals surface area contributed by atoms with Crippen LogP contribution in [-0.2, 0) is 0 Å². The molecule has 15 heavy (non-hydrogen) atoms. The Kier molecular flexibility index (Phi) is 3.95. The highest BCUT2D eigenvalue weighted by atomic mass is 16.5. The van der Waals surface area contributed by atoms with E-state index in [2.05, 4.69) is 0 Å². The number of anilines is 1. The maximum atomic E-state index is 8.49. The molecule has 0 amide bonds. The van der Waals surface area contributed by atoms with E-state index < -0.39 is 6.04 Å². The molecule has 0 bridgehead atoms. The molecule has 80 valence electrons. The second-order valence-electron chi connectivity index (χ2n) is 3.44. The van der Waals surface area contributed by atoms with Crippen LogP contribution in [0.1, 0.15) is 0 Å². The van der Waals surface area contributed by atoms with Crippen molar-refractivity contribution in [3.63, 3.8) is 0 Å². The molecule has 0 fully saturated rings. The van der Waals surface area contributed by atoms with E-state index in [0.29, 0.717) is 0 Å². The van der Waals surface area contributed by atoms with Gasteiger partial charge in [0.1, 0.15) is 18.4 Å². The first-order chi connectivity index (χ1) is 7.13. The summed E-state index contributed by atoms with van der Waals surface area (Å²) in [7, 11) is 3.92. The number of rotatable bonds is 4. The molecule has 0 radical (unpaired) electrons. The van der Waals surface area contributed by atoms with Gasteiger partial charge in [0, 0.05) is 25.8 Å². The fourth-order valence-corrected chi connectivity index (χ4v) is 1.07. The standard InChI is InChI=1S/C11H15N3O/c1-14(2)10-4-3-5-11(6-10)15-8-9(13)7-12/h3-6,9H,8,13H2,1-2H3. The second-order valence-corrected chi connectivity index (χ2v) is 3.44. The molecule has 0 saturated carbocycles. The third-order valence-electron chi connectivity index (χ3n) is 1.93. The molecule has 0 aliphatic heterocycles. The summed E-state index contributed by atoms with van der Waals surface area (Å²) in [5, 5.41) is 8.49. The van der Waals surface area contributed by atoms with Gasteiger partial charge in [0.2, 0.25) is 0 Å². The van der Waals surface area contributed by atoms with E-state index in [9.17, 15) is 0 Å². The lowest BCUT2D eigenvalue weighted by molar-refractivity contribution is 0.309. The number of nitriles is 1. The van der Waals surface area contributed by atoms with Crippen LogP contribution in [-0.4, -0.2) is 26.7 Å². The summed E-state index contributed by atoms with van der Waals surface area (Å²) in [6.07, 6.45) is 0. The van der Waals surface area contributed by atoms with Gasteiger partial charge in [-0.25, -0.2) is 0 Å². The van der Waals surface area contributed by atoms with Gasteiger partial charge in [0.25, 0.3) is 0 Å². The molecule has 4 heteroatoms. The largest absolute Gasteiger partial charge is 0.491 e. The SMILES string of the molecule is CN(C)c1cccc(OCC(N)C#N)c1. The number of benzene rings is 1. The van der Waals surface area contributed by atoms with Gasteiger partial charge in [-0.3, -0.25) is 0 Å². The van der Waals surface area contributed by atoms with Gasteiger partial charge in [-0.2, -0.15) is 5.26 Å². The van der Waals surface area contributed by atoms with Crippen LogP contribution >= 0.6 is 0 Å². The number of nitrogens with zero attached hydrogens (tertiary/aromatic N) is 2. The quantitative estimate of drug-likeness (QED) is 0.796. The number of hydrogen-bond acceptors (Lipinski definition) is 4. The van der Waals surface area contributed by atoms with E-state index in [4.69, 9.17) is 15.7 Å². The lowest BCUT2D eigenvalue weighted by atomic mass is 10.3. The molecular weight excluding hydrogens is 190 g/mol. The van der Waals surface area contributed by atoms with Crippen molar-refractivity contribution in [3.8, 4) is 11.8 Å². The fraction of sp³-hybridized carbons (Fsp3) is 0.364. The van der Waals surface area contributed by atoms with Crippen molar-refractivity contribution in [3.05, 3.63) is 24.3 Å². The van der Waals surface area contributed by atoms with Crippen LogP contribution in [0.4, 0.5) is 5.69 Å². The summed E-state index contributed by atoms with van der Waals surface area (Å²) < 4.78 is 5.38. The predicted octanol–water partition coefficient (Wildman–Crippen LogP) is 0.982. The van der Waals surface area contributed by atoms with Crippen molar-refractivity contribution in [1.82, 2.24) is 0 Å². The minimum absolute atomic E-state index is 0.216. The van der Waals surface area contributed by atoms with Crippen LogP contribution in [0, 0.1) is 11.3 Å². The molecule has 0 heterocycles. The van der Waals surface area contributed by atoms with Gasteiger partial charge in [0.15, 0.2) is 0 Å². The Morgan fingerprint density at radius 1 is 1.53 bits per heavy atom. The fourth-order valence-electron chi connectivity index (χ4n) is 1.07. The van der Waals surface area contributed by atoms with Crippen molar-refractivity contribution in [2.45, 2.75) is 6.04 Å². The highest BCUT2D eigenvalue weighted by Crippen LogP contribution is 2.19. The first-order valence-electron chi connectivity index (χ1n) is 4.69. The molecule has 0 aliphatic carbocycles. The van der Waals surface area contributed by atoms with Gasteiger partial charge >= 0.3 is 0 Å². The molecule has 1 aromatic rings. The zero-order valence-electron chi connectivity index (χ0n) is 8.97. The maximum absolute atomic E-state index is 8.49. The summed E-state index contributed by atoms with van der Waals surface area (Å²) in [5.41, 5.74) is 6.48. The lowest BCUT2D eigenvalue weighted by Crippen LogP contribution is -2.25. The summed E-state index contributed by atoms with van der Waals surface area (Å²) in [6, 6.07) is 8.98. The van der Waals surface area contributed by atoms with E-state index in [0.717, 1.165) is 11.4 Å². The van der Waals surface area contributed by atoms with E-state index in [1.54, 1.807) is 0 Å². The molecule has 4 nitrogen and oxygen atoms in total. The Labute approximate surface area is 89.9 Å². The van der Waals surface area contributed by atoms with Gasteiger partial charge in [0.05, 0.1) is 6.07 Å². The first kappa shape index (κ1) is 11.3. The third-order valence-corrected chi connectivity index (χ3v) is 1.93. The van der Waals surface area contributed by atoms with Crippen LogP contribution in [0.3, 0.4) is 0 Å². The molecule has 0 aliphatic rings. The van der Waals surface area contributed by atoms with Crippen molar-refractivity contribution >= 4 is 5.69 Å². The average Bonchev–Trinajstić information content (AvgIpc) is 2.26. The van der Waals surface area contributed by atoms with Crippen LogP contribution in [0.15, 0.2) is 24.3 Å². The summed E-state index contributed by atoms with van der Waals surface area (Å²) >= 11 is 0. The number of hydrogen-bond donors (Lipinski definition) is 1. The monoisotopic (exact) mass is 205 g/mol. The Morgan fingerprint density at radius 3 is 2.87 bits per heavy atom. The lowest BCUT2D eigenvalue weighted by Gasteiger charge is -2.14. The summed E-state index contributed by atoms with van der Waals surface area (Å²) in [5.74, 6) is 0.729. The van der Waals surface area contributed by atoms with Gasteiger partial charge in [-0.05, 0) is 12.1 Å². The molecule has 1 atom stereocenters. The number of nitrogens with two attached hydrogens (primary N) is 1. The van der Waals surface area contributed by atoms with Gasteiger partial charge in [-0.1, -0.05) is 6.07 Å². The normalized spacial score (nSPS) is 11.6. The molecule has 0 aromatic heterocycles. The van der Waals surface area contributed by atoms with Crippen LogP contribution in [0.25, 0.3) is 0 Å². The van der Waals surface area contributed by atoms with E-state index in [1.807, 2.05) is 49.3 Å². The molecule has 1 unspecified atom stereocenters. The Bertz CT molecular complexity index is 357. The molecule has 1 rings (SSSR count). The smallest absolute Gasteiger partial charge is 0.127 e. The first-order valence-corrected chi connectivity index (χ1v) is 4.69. The van der Waals surface area contributed by atoms with Crippen LogP contribution in [0.5, 0.6) is 5.75 Å². The van der Waals surface area contributed by atoms with E-state index in [-0.39, 0.29) is 6.61 Å². The highest BCUT2D eigenvalue weighted by molar-refractivity contribution is 5.49. The van der Waals surface area contributed by atoms with Crippen molar-refractivity contribution in [2.24, 2.45) is 5.73 Å². The van der Waals surface area contributed by atoms with Crippen LogP contribution in [0.2, 0.25) is 0 Å². The molecule has 1 aromatic carbocycles. The van der Waals surface area contributed by atoms with E-state index in [1.165, 1.54) is 0 Å². The highest BCUT2D eigenvalue weighted by Gasteiger charge is 2.02. The van der Waals surface area contributed by atoms with Crippen molar-refractivity contribution < 1.29 is 4.74 Å². The Hall–Kier alpha value is -1.73. The summed E-state index contributed by atoms with van der Waals surface area (Å²) in [4.78, 5) is 1.98. The molecular formula is C11H15N3O. The zero-order valence-corrected chi connectivity index (χ0v) is 8.97. The van der Waals surface area contributed by atoms with Crippen molar-refractivity contribution in [2.75, 3.05) is 25.6 Å². The van der Waals surface area contributed by atoms with Gasteiger partial charge < -0.3 is 15.4 Å². The number of ether oxygens (including phenoxy) is 1. The topological polar surface area (TPSA) is 62.3 Å². The van der Waals surface area contributed by atoms with Crippen LogP contribution < -0.4 is 15.4 Å². The maximum Gasteiger partial charge on any atom is 0.127 e. The molecule has 0 spiro atoms. The van der Waals surface area contributed by atoms with Crippen molar-refractivity contribution in [1.29, 1.82) is 5.26 Å². The minimum Gasteiger partial charge on any atom is -0.491 e. The minimum atomic E-state index is -0.576. The summed E-state index contributed by atoms with van der Waals surface area (Å²) in [6.45, 7) is 0.216. The molecule has 2 N–H and O–H groups in total. The third kappa shape index (κ3) is 3.49. The Balaban J connectivity index is 2.62. The molecule has 0 saturated heterocycles. The second kappa shape index (κ2) is 5.23. The van der Waals surface area contributed by atoms with Gasteiger partial charge in [-0.15, -0.1) is 0 Å². The van der Waals surface area contributed by atoms with E-state index >= 15 is 0 Å². The zero-order chi connectivity index (χ0) is 11.3. The average molecular weight is 205 g/mol. The Morgan fingerprint density at radius 2 is 2.27 bits per heavy atom.